The number of nitrogens with zero attached hydrogens (tertiary/aromatic N) is 1. The van der Waals surface area contributed by atoms with E-state index in [1.807, 2.05) is 49.4 Å². The van der Waals surface area contributed by atoms with Crippen LogP contribution in [0.4, 0.5) is 0 Å². The van der Waals surface area contributed by atoms with Crippen molar-refractivity contribution in [2.75, 3.05) is 0 Å². The Morgan fingerprint density at radius 2 is 1.55 bits per heavy atom. The fourth-order valence-corrected chi connectivity index (χ4v) is 2.38. The molecule has 1 aromatic heterocycles. The highest BCUT2D eigenvalue weighted by atomic mass is 16.4. The summed E-state index contributed by atoms with van der Waals surface area (Å²) in [6.45, 7) is 3.60. The van der Waals surface area contributed by atoms with Crippen molar-refractivity contribution in [3.8, 4) is 22.6 Å². The monoisotopic (exact) mass is 291 g/mol. The van der Waals surface area contributed by atoms with Gasteiger partial charge in [0, 0.05) is 12.0 Å². The van der Waals surface area contributed by atoms with Gasteiger partial charge in [-0.25, -0.2) is 4.98 Å². The number of carbonyl (C=O) groups excluding carboxylic acids is 1. The standard InChI is InChI=1S/C19H17NO2/c1-3-17(21)18-13(2)22-19(20-18)16-11-9-15(10-12-16)14-7-5-4-6-8-14/h4-12H,3H2,1-2H3. The Hall–Kier alpha value is -2.68. The van der Waals surface area contributed by atoms with E-state index in [9.17, 15) is 4.79 Å². The van der Waals surface area contributed by atoms with Crippen molar-refractivity contribution >= 4 is 5.78 Å². The maximum atomic E-state index is 11.8. The van der Waals surface area contributed by atoms with Gasteiger partial charge >= 0.3 is 0 Å². The third-order valence-corrected chi connectivity index (χ3v) is 3.62. The van der Waals surface area contributed by atoms with Gasteiger partial charge in [0.25, 0.3) is 0 Å². The molecule has 2 aromatic carbocycles. The number of benzene rings is 2. The predicted molar refractivity (Wildman–Crippen MR) is 86.7 cm³/mol. The highest BCUT2D eigenvalue weighted by molar-refractivity contribution is 5.95. The van der Waals surface area contributed by atoms with Crippen LogP contribution in [0.2, 0.25) is 0 Å². The quantitative estimate of drug-likeness (QED) is 0.641. The summed E-state index contributed by atoms with van der Waals surface area (Å²) in [6, 6.07) is 18.2. The van der Waals surface area contributed by atoms with E-state index in [4.69, 9.17) is 4.42 Å². The lowest BCUT2D eigenvalue weighted by atomic mass is 10.0. The zero-order chi connectivity index (χ0) is 15.5. The smallest absolute Gasteiger partial charge is 0.226 e. The Balaban J connectivity index is 1.92. The normalized spacial score (nSPS) is 10.6. The number of oxazole rings is 1. The molecule has 0 atom stereocenters. The molecule has 22 heavy (non-hydrogen) atoms. The Kier molecular flexibility index (Phi) is 3.88. The van der Waals surface area contributed by atoms with E-state index in [0.29, 0.717) is 23.8 Å². The minimum atomic E-state index is 0.00778. The van der Waals surface area contributed by atoms with Crippen molar-refractivity contribution in [3.63, 3.8) is 0 Å². The van der Waals surface area contributed by atoms with Crippen molar-refractivity contribution < 1.29 is 9.21 Å². The molecule has 0 bridgehead atoms. The number of carbonyl (C=O) groups is 1. The zero-order valence-corrected chi connectivity index (χ0v) is 12.7. The van der Waals surface area contributed by atoms with Gasteiger partial charge in [-0.15, -0.1) is 0 Å². The van der Waals surface area contributed by atoms with Crippen molar-refractivity contribution in [3.05, 3.63) is 66.1 Å². The molecule has 0 amide bonds. The highest BCUT2D eigenvalue weighted by Crippen LogP contribution is 2.26. The molecule has 0 aliphatic rings. The molecular weight excluding hydrogens is 274 g/mol. The molecule has 0 aliphatic heterocycles. The number of aromatic nitrogens is 1. The first-order valence-electron chi connectivity index (χ1n) is 7.35. The second kappa shape index (κ2) is 5.98. The SMILES string of the molecule is CCC(=O)c1nc(-c2ccc(-c3ccccc3)cc2)oc1C. The molecule has 3 heteroatoms. The number of ketones is 1. The summed E-state index contributed by atoms with van der Waals surface area (Å²) in [6.07, 6.45) is 0.430. The van der Waals surface area contributed by atoms with E-state index in [1.54, 1.807) is 6.92 Å². The highest BCUT2D eigenvalue weighted by Gasteiger charge is 2.16. The summed E-state index contributed by atoms with van der Waals surface area (Å²) in [5, 5.41) is 0. The maximum Gasteiger partial charge on any atom is 0.226 e. The molecule has 0 radical (unpaired) electrons. The van der Waals surface area contributed by atoms with Crippen LogP contribution in [0.25, 0.3) is 22.6 Å². The van der Waals surface area contributed by atoms with E-state index < -0.39 is 0 Å². The molecule has 0 saturated carbocycles. The maximum absolute atomic E-state index is 11.8. The third-order valence-electron chi connectivity index (χ3n) is 3.62. The van der Waals surface area contributed by atoms with Crippen LogP contribution in [-0.2, 0) is 0 Å². The summed E-state index contributed by atoms with van der Waals surface area (Å²) >= 11 is 0. The first-order chi connectivity index (χ1) is 10.7. The second-order valence-electron chi connectivity index (χ2n) is 5.14. The number of Topliss-reactive ketones (excluding diaryl/α,β-unsaturated/α-hetero) is 1. The lowest BCUT2D eigenvalue weighted by molar-refractivity contribution is 0.0982. The van der Waals surface area contributed by atoms with Crippen LogP contribution in [0.3, 0.4) is 0 Å². The second-order valence-corrected chi connectivity index (χ2v) is 5.14. The number of hydrogen-bond donors (Lipinski definition) is 0. The van der Waals surface area contributed by atoms with Crippen molar-refractivity contribution in [1.29, 1.82) is 0 Å². The van der Waals surface area contributed by atoms with Crippen LogP contribution in [0.1, 0.15) is 29.6 Å². The first kappa shape index (κ1) is 14.3. The van der Waals surface area contributed by atoms with Crippen LogP contribution in [-0.4, -0.2) is 10.8 Å². The van der Waals surface area contributed by atoms with Crippen LogP contribution in [0.15, 0.2) is 59.0 Å². The number of aryl methyl sites for hydroxylation is 1. The molecule has 3 nitrogen and oxygen atoms in total. The molecule has 0 aliphatic carbocycles. The minimum absolute atomic E-state index is 0.00778. The minimum Gasteiger partial charge on any atom is -0.441 e. The summed E-state index contributed by atoms with van der Waals surface area (Å²) in [5.74, 6) is 1.08. The average molecular weight is 291 g/mol. The lowest BCUT2D eigenvalue weighted by Gasteiger charge is -2.02. The van der Waals surface area contributed by atoms with E-state index in [-0.39, 0.29) is 5.78 Å². The third kappa shape index (κ3) is 2.70. The van der Waals surface area contributed by atoms with Crippen molar-refractivity contribution in [2.24, 2.45) is 0 Å². The molecule has 3 aromatic rings. The van der Waals surface area contributed by atoms with Crippen LogP contribution in [0, 0.1) is 6.92 Å². The molecule has 0 saturated heterocycles. The number of hydrogen-bond acceptors (Lipinski definition) is 3. The van der Waals surface area contributed by atoms with Gasteiger partial charge < -0.3 is 4.42 Å². The molecule has 0 N–H and O–H groups in total. The summed E-state index contributed by atoms with van der Waals surface area (Å²) < 4.78 is 5.64. The molecule has 0 fully saturated rings. The summed E-state index contributed by atoms with van der Waals surface area (Å²) in [5.41, 5.74) is 3.61. The molecule has 1 heterocycles. The summed E-state index contributed by atoms with van der Waals surface area (Å²) in [7, 11) is 0. The fourth-order valence-electron chi connectivity index (χ4n) is 2.38. The van der Waals surface area contributed by atoms with Crippen molar-refractivity contribution in [2.45, 2.75) is 20.3 Å². The van der Waals surface area contributed by atoms with Gasteiger partial charge in [0.15, 0.2) is 5.78 Å². The predicted octanol–water partition coefficient (Wildman–Crippen LogP) is 4.91. The average Bonchev–Trinajstić information content (AvgIpc) is 2.97. The number of rotatable bonds is 4. The topological polar surface area (TPSA) is 43.1 Å². The Labute approximate surface area is 129 Å². The van der Waals surface area contributed by atoms with E-state index in [0.717, 1.165) is 11.1 Å². The molecule has 0 spiro atoms. The van der Waals surface area contributed by atoms with Gasteiger partial charge in [0.2, 0.25) is 5.89 Å². The van der Waals surface area contributed by atoms with Crippen LogP contribution < -0.4 is 0 Å². The lowest BCUT2D eigenvalue weighted by Crippen LogP contribution is -1.98. The zero-order valence-electron chi connectivity index (χ0n) is 12.7. The van der Waals surface area contributed by atoms with Gasteiger partial charge in [0.05, 0.1) is 0 Å². The van der Waals surface area contributed by atoms with Crippen LogP contribution >= 0.6 is 0 Å². The van der Waals surface area contributed by atoms with Crippen molar-refractivity contribution in [1.82, 2.24) is 4.98 Å². The van der Waals surface area contributed by atoms with Gasteiger partial charge in [-0.1, -0.05) is 49.4 Å². The van der Waals surface area contributed by atoms with Gasteiger partial charge in [0.1, 0.15) is 11.5 Å². The van der Waals surface area contributed by atoms with Gasteiger partial charge in [-0.3, -0.25) is 4.79 Å². The molecular formula is C19H17NO2. The van der Waals surface area contributed by atoms with Crippen LogP contribution in [0.5, 0.6) is 0 Å². The first-order valence-corrected chi connectivity index (χ1v) is 7.35. The molecule has 3 rings (SSSR count). The molecule has 110 valence electrons. The summed E-state index contributed by atoms with van der Waals surface area (Å²) in [4.78, 5) is 16.1. The van der Waals surface area contributed by atoms with Gasteiger partial charge in [-0.05, 0) is 30.2 Å². The van der Waals surface area contributed by atoms with E-state index >= 15 is 0 Å². The Morgan fingerprint density at radius 3 is 2.18 bits per heavy atom. The fraction of sp³-hybridized carbons (Fsp3) is 0.158. The Morgan fingerprint density at radius 1 is 0.955 bits per heavy atom. The van der Waals surface area contributed by atoms with E-state index in [2.05, 4.69) is 17.1 Å². The van der Waals surface area contributed by atoms with Gasteiger partial charge in [-0.2, -0.15) is 0 Å². The Bertz CT molecular complexity index is 786. The molecule has 0 unspecified atom stereocenters. The van der Waals surface area contributed by atoms with E-state index in [1.165, 1.54) is 5.56 Å². The largest absolute Gasteiger partial charge is 0.441 e.